The highest BCUT2D eigenvalue weighted by Gasteiger charge is 2.40. The van der Waals surface area contributed by atoms with Gasteiger partial charge in [-0.3, -0.25) is 4.79 Å². The van der Waals surface area contributed by atoms with Gasteiger partial charge < -0.3 is 23.4 Å². The van der Waals surface area contributed by atoms with Crippen molar-refractivity contribution in [3.63, 3.8) is 0 Å². The highest BCUT2D eigenvalue weighted by molar-refractivity contribution is 5.80. The summed E-state index contributed by atoms with van der Waals surface area (Å²) in [5.41, 5.74) is -1.39. The molecule has 0 N–H and O–H groups in total. The van der Waals surface area contributed by atoms with E-state index in [2.05, 4.69) is 0 Å². The molecule has 0 unspecified atom stereocenters. The first kappa shape index (κ1) is 24.9. The first-order valence-electron chi connectivity index (χ1n) is 10.3. The molecule has 0 bridgehead atoms. The molecule has 182 valence electrons. The van der Waals surface area contributed by atoms with Crippen LogP contribution in [0.1, 0.15) is 26.5 Å². The number of halogens is 3. The molecule has 3 aromatic rings. The minimum atomic E-state index is -5.01. The summed E-state index contributed by atoms with van der Waals surface area (Å²) in [6, 6.07) is 9.36. The number of carbonyl (C=O) groups is 1. The SMILES string of the molecule is COc1ccc(Oc2c(C(F)(F)F)oc3cc(O[C@H](C)C(=O)OCC(C)C)ccc3c2=O)cc1. The van der Waals surface area contributed by atoms with Gasteiger partial charge in [0.1, 0.15) is 22.8 Å². The molecular formula is C24H23F3O7. The molecule has 0 radical (unpaired) electrons. The molecule has 0 saturated heterocycles. The molecule has 0 spiro atoms. The molecule has 2 aromatic carbocycles. The Hall–Kier alpha value is -3.69. The van der Waals surface area contributed by atoms with E-state index in [-0.39, 0.29) is 35.0 Å². The molecule has 0 aliphatic heterocycles. The predicted molar refractivity (Wildman–Crippen MR) is 116 cm³/mol. The molecule has 0 fully saturated rings. The Labute approximate surface area is 193 Å². The third-order valence-corrected chi connectivity index (χ3v) is 4.56. The Kier molecular flexibility index (Phi) is 7.38. The second-order valence-corrected chi connectivity index (χ2v) is 7.81. The lowest BCUT2D eigenvalue weighted by atomic mass is 10.2. The van der Waals surface area contributed by atoms with Crippen LogP contribution in [0.2, 0.25) is 0 Å². The minimum absolute atomic E-state index is 0.00774. The molecule has 3 rings (SSSR count). The number of rotatable bonds is 8. The second-order valence-electron chi connectivity index (χ2n) is 7.81. The predicted octanol–water partition coefficient (Wildman–Crippen LogP) is 5.58. The van der Waals surface area contributed by atoms with E-state index in [0.717, 1.165) is 6.07 Å². The zero-order chi connectivity index (χ0) is 25.0. The second kappa shape index (κ2) is 10.1. The van der Waals surface area contributed by atoms with E-state index in [1.54, 1.807) is 0 Å². The van der Waals surface area contributed by atoms with Crippen molar-refractivity contribution in [2.24, 2.45) is 5.92 Å². The maximum atomic E-state index is 13.7. The van der Waals surface area contributed by atoms with Gasteiger partial charge in [-0.2, -0.15) is 13.2 Å². The minimum Gasteiger partial charge on any atom is -0.497 e. The summed E-state index contributed by atoms with van der Waals surface area (Å²) in [7, 11) is 1.43. The maximum Gasteiger partial charge on any atom is 0.453 e. The van der Waals surface area contributed by atoms with E-state index < -0.39 is 35.2 Å². The Morgan fingerprint density at radius 1 is 1.00 bits per heavy atom. The van der Waals surface area contributed by atoms with Gasteiger partial charge in [0.15, 0.2) is 6.10 Å². The Balaban J connectivity index is 1.96. The summed E-state index contributed by atoms with van der Waals surface area (Å²) in [4.78, 5) is 24.9. The van der Waals surface area contributed by atoms with Crippen LogP contribution in [0.3, 0.4) is 0 Å². The highest BCUT2D eigenvalue weighted by Crippen LogP contribution is 2.39. The van der Waals surface area contributed by atoms with Crippen molar-refractivity contribution >= 4 is 16.9 Å². The number of hydrogen-bond donors (Lipinski definition) is 0. The highest BCUT2D eigenvalue weighted by atomic mass is 19.4. The molecule has 10 heteroatoms. The molecule has 0 aliphatic rings. The Morgan fingerprint density at radius 2 is 1.62 bits per heavy atom. The van der Waals surface area contributed by atoms with E-state index >= 15 is 0 Å². The summed E-state index contributed by atoms with van der Waals surface area (Å²) in [6.45, 7) is 5.38. The van der Waals surface area contributed by atoms with Gasteiger partial charge in [0.2, 0.25) is 11.2 Å². The van der Waals surface area contributed by atoms with Crippen molar-refractivity contribution in [3.8, 4) is 23.0 Å². The summed E-state index contributed by atoms with van der Waals surface area (Å²) >= 11 is 0. The lowest BCUT2D eigenvalue weighted by Crippen LogP contribution is -2.27. The van der Waals surface area contributed by atoms with Crippen LogP contribution in [0.4, 0.5) is 13.2 Å². The van der Waals surface area contributed by atoms with Crippen LogP contribution in [0.5, 0.6) is 23.0 Å². The third-order valence-electron chi connectivity index (χ3n) is 4.56. The molecule has 0 saturated carbocycles. The van der Waals surface area contributed by atoms with Gasteiger partial charge in [-0.1, -0.05) is 13.8 Å². The standard InChI is InChI=1S/C24H23F3O7/c1-13(2)12-31-23(29)14(3)32-17-9-10-18-19(11-17)34-22(24(25,26)27)21(20(18)28)33-16-7-5-15(30-4)6-8-16/h5-11,13-14H,12H2,1-4H3/t14-/m1/s1. The zero-order valence-electron chi connectivity index (χ0n) is 18.9. The number of alkyl halides is 3. The number of ether oxygens (including phenoxy) is 4. The number of fused-ring (bicyclic) bond motifs is 1. The fraction of sp³-hybridized carbons (Fsp3) is 0.333. The quantitative estimate of drug-likeness (QED) is 0.389. The number of methoxy groups -OCH3 is 1. The van der Waals surface area contributed by atoms with E-state index in [1.807, 2.05) is 13.8 Å². The van der Waals surface area contributed by atoms with Crippen LogP contribution >= 0.6 is 0 Å². The average molecular weight is 480 g/mol. The van der Waals surface area contributed by atoms with Crippen molar-refractivity contribution < 1.29 is 41.3 Å². The number of benzene rings is 2. The monoisotopic (exact) mass is 480 g/mol. The smallest absolute Gasteiger partial charge is 0.453 e. The van der Waals surface area contributed by atoms with Gasteiger partial charge in [-0.25, -0.2) is 4.79 Å². The van der Waals surface area contributed by atoms with E-state index in [9.17, 15) is 22.8 Å². The average Bonchev–Trinajstić information content (AvgIpc) is 2.78. The molecule has 1 atom stereocenters. The van der Waals surface area contributed by atoms with Crippen LogP contribution in [0.25, 0.3) is 11.0 Å². The fourth-order valence-corrected chi connectivity index (χ4v) is 2.89. The van der Waals surface area contributed by atoms with Gasteiger partial charge in [-0.15, -0.1) is 0 Å². The lowest BCUT2D eigenvalue weighted by Gasteiger charge is -2.16. The van der Waals surface area contributed by atoms with Crippen LogP contribution in [0.15, 0.2) is 51.7 Å². The third kappa shape index (κ3) is 5.81. The fourth-order valence-electron chi connectivity index (χ4n) is 2.89. The first-order chi connectivity index (χ1) is 16.0. The van der Waals surface area contributed by atoms with E-state index in [0.29, 0.717) is 5.75 Å². The number of hydrogen-bond acceptors (Lipinski definition) is 7. The maximum absolute atomic E-state index is 13.7. The lowest BCUT2D eigenvalue weighted by molar-refractivity contribution is -0.154. The molecule has 1 aromatic heterocycles. The Morgan fingerprint density at radius 3 is 2.21 bits per heavy atom. The molecule has 0 amide bonds. The molecule has 34 heavy (non-hydrogen) atoms. The van der Waals surface area contributed by atoms with Gasteiger partial charge in [0, 0.05) is 6.07 Å². The topological polar surface area (TPSA) is 84.2 Å². The molecule has 1 heterocycles. The van der Waals surface area contributed by atoms with Gasteiger partial charge >= 0.3 is 12.1 Å². The van der Waals surface area contributed by atoms with Crippen LogP contribution in [-0.4, -0.2) is 25.8 Å². The van der Waals surface area contributed by atoms with Crippen LogP contribution < -0.4 is 19.6 Å². The van der Waals surface area contributed by atoms with Crippen molar-refractivity contribution in [3.05, 3.63) is 58.4 Å². The first-order valence-corrected chi connectivity index (χ1v) is 10.3. The normalized spacial score (nSPS) is 12.5. The van der Waals surface area contributed by atoms with Crippen molar-refractivity contribution in [2.75, 3.05) is 13.7 Å². The van der Waals surface area contributed by atoms with Crippen molar-refractivity contribution in [2.45, 2.75) is 33.1 Å². The molecular weight excluding hydrogens is 457 g/mol. The van der Waals surface area contributed by atoms with Gasteiger partial charge in [0.25, 0.3) is 5.76 Å². The number of esters is 1. The van der Waals surface area contributed by atoms with Crippen LogP contribution in [0, 0.1) is 5.92 Å². The largest absolute Gasteiger partial charge is 0.497 e. The van der Waals surface area contributed by atoms with E-state index in [1.165, 1.54) is 50.4 Å². The van der Waals surface area contributed by atoms with Gasteiger partial charge in [-0.05, 0) is 49.2 Å². The summed E-state index contributed by atoms with van der Waals surface area (Å²) in [5, 5.41) is -0.154. The molecule has 7 nitrogen and oxygen atoms in total. The van der Waals surface area contributed by atoms with Crippen molar-refractivity contribution in [1.82, 2.24) is 0 Å². The van der Waals surface area contributed by atoms with Crippen molar-refractivity contribution in [1.29, 1.82) is 0 Å². The summed E-state index contributed by atoms with van der Waals surface area (Å²) in [5.74, 6) is -2.61. The van der Waals surface area contributed by atoms with E-state index in [4.69, 9.17) is 23.4 Å². The summed E-state index contributed by atoms with van der Waals surface area (Å²) < 4.78 is 67.0. The van der Waals surface area contributed by atoms with Gasteiger partial charge in [0.05, 0.1) is 19.1 Å². The van der Waals surface area contributed by atoms with Crippen LogP contribution in [-0.2, 0) is 15.7 Å². The Bertz CT molecular complexity index is 1210. The zero-order valence-corrected chi connectivity index (χ0v) is 18.9. The summed E-state index contributed by atoms with van der Waals surface area (Å²) in [6.07, 6.45) is -6.04. The molecule has 0 aliphatic carbocycles. The number of carbonyl (C=O) groups excluding carboxylic acids is 1.